The number of likely N-dealkylation sites (tertiary alicyclic amines) is 1. The third-order valence-corrected chi connectivity index (χ3v) is 11.7. The average Bonchev–Trinajstić information content (AvgIpc) is 3.63. The van der Waals surface area contributed by atoms with E-state index in [0.29, 0.717) is 17.4 Å². The van der Waals surface area contributed by atoms with Gasteiger partial charge in [-0.25, -0.2) is 4.39 Å². The number of aliphatic hydroxyl groups is 1. The number of hydrogen-bond acceptors (Lipinski definition) is 5. The van der Waals surface area contributed by atoms with Crippen LogP contribution in [-0.4, -0.2) is 53.1 Å². The van der Waals surface area contributed by atoms with Crippen LogP contribution in [0.4, 0.5) is 4.39 Å². The van der Waals surface area contributed by atoms with E-state index in [1.165, 1.54) is 36.1 Å². The zero-order valence-electron chi connectivity index (χ0n) is 21.7. The normalized spacial score (nSPS) is 40.7. The molecule has 0 amide bonds. The van der Waals surface area contributed by atoms with E-state index in [2.05, 4.69) is 11.0 Å². The molecular weight excluding hydrogens is 469 g/mol. The Hall–Kier alpha value is -2.15. The topological polar surface area (TPSA) is 62.2 Å². The average molecular weight is 506 g/mol. The second-order valence-electron chi connectivity index (χ2n) is 13.1. The molecule has 2 aromatic carbocycles. The Morgan fingerprint density at radius 2 is 2.03 bits per heavy atom. The van der Waals surface area contributed by atoms with Gasteiger partial charge in [0.25, 0.3) is 0 Å². The van der Waals surface area contributed by atoms with E-state index in [9.17, 15) is 14.6 Å². The summed E-state index contributed by atoms with van der Waals surface area (Å²) < 4.78 is 27.8. The highest BCUT2D eigenvalue weighted by atomic mass is 19.1. The lowest BCUT2D eigenvalue weighted by Gasteiger charge is -2.75. The molecule has 0 unspecified atom stereocenters. The monoisotopic (exact) mass is 505 g/mol. The van der Waals surface area contributed by atoms with E-state index >= 15 is 0 Å². The highest BCUT2D eigenvalue weighted by molar-refractivity contribution is 5.63. The predicted molar refractivity (Wildman–Crippen MR) is 136 cm³/mol. The molecule has 2 N–H and O–H groups in total. The first-order chi connectivity index (χ1) is 17.8. The van der Waals surface area contributed by atoms with Crippen LogP contribution in [0.1, 0.15) is 62.1 Å². The number of hydrogen-bond donors (Lipinski definition) is 2. The van der Waals surface area contributed by atoms with Gasteiger partial charge in [0, 0.05) is 42.0 Å². The van der Waals surface area contributed by atoms with Crippen molar-refractivity contribution < 1.29 is 24.1 Å². The van der Waals surface area contributed by atoms with Gasteiger partial charge in [0.05, 0.1) is 5.60 Å². The Balaban J connectivity index is 1.35. The number of nitrogens with zero attached hydrogens (tertiary/aromatic N) is 1. The van der Waals surface area contributed by atoms with Crippen molar-refractivity contribution in [3.05, 3.63) is 58.9 Å². The molecule has 0 radical (unpaired) electrons. The first-order valence-corrected chi connectivity index (χ1v) is 14.1. The van der Waals surface area contributed by atoms with Crippen LogP contribution >= 0.6 is 0 Å². The number of methoxy groups -OCH3 is 1. The van der Waals surface area contributed by atoms with Gasteiger partial charge < -0.3 is 19.7 Å². The smallest absolute Gasteiger partial charge is 0.165 e. The zero-order valence-corrected chi connectivity index (χ0v) is 21.7. The molecule has 2 spiro atoms. The summed E-state index contributed by atoms with van der Waals surface area (Å²) in [6, 6.07) is 10.7. The maximum Gasteiger partial charge on any atom is 0.165 e. The molecule has 2 aromatic rings. The van der Waals surface area contributed by atoms with Gasteiger partial charge in [-0.3, -0.25) is 4.90 Å². The number of phenols is 1. The molecule has 5 fully saturated rings. The summed E-state index contributed by atoms with van der Waals surface area (Å²) in [6.07, 6.45) is 6.86. The van der Waals surface area contributed by atoms with Gasteiger partial charge >= 0.3 is 0 Å². The second-order valence-corrected chi connectivity index (χ2v) is 13.1. The molecule has 37 heavy (non-hydrogen) atoms. The van der Waals surface area contributed by atoms with Crippen LogP contribution < -0.4 is 4.74 Å². The first-order valence-electron chi connectivity index (χ1n) is 14.1. The Bertz CT molecular complexity index is 1310. The van der Waals surface area contributed by atoms with Gasteiger partial charge in [-0.15, -0.1) is 0 Å². The highest BCUT2D eigenvalue weighted by Gasteiger charge is 2.82. The van der Waals surface area contributed by atoms with Crippen LogP contribution in [0.5, 0.6) is 11.5 Å². The SMILES string of the molecule is CO[C@]12CC[C@@]3(C[C@@H]1[C@](C)(O)c1cccc(F)c1)[C@H]1Cc4ccc(O)c5c4[C@@]3(CCN1CC1CC1)[C@H]2O5. The van der Waals surface area contributed by atoms with E-state index in [0.717, 1.165) is 51.1 Å². The van der Waals surface area contributed by atoms with Crippen molar-refractivity contribution in [1.82, 2.24) is 4.90 Å². The Morgan fingerprint density at radius 1 is 1.19 bits per heavy atom. The maximum atomic E-state index is 14.4. The molecule has 0 aromatic heterocycles. The second kappa shape index (κ2) is 7.08. The Morgan fingerprint density at radius 3 is 2.78 bits per heavy atom. The number of piperidine rings is 1. The molecule has 5 nitrogen and oxygen atoms in total. The van der Waals surface area contributed by atoms with Crippen molar-refractivity contribution in [2.24, 2.45) is 17.3 Å². The highest BCUT2D eigenvalue weighted by Crippen LogP contribution is 2.78. The summed E-state index contributed by atoms with van der Waals surface area (Å²) in [5, 5.41) is 23.3. The summed E-state index contributed by atoms with van der Waals surface area (Å²) >= 11 is 0. The summed E-state index contributed by atoms with van der Waals surface area (Å²) in [4.78, 5) is 2.76. The van der Waals surface area contributed by atoms with Crippen LogP contribution in [0.25, 0.3) is 0 Å². The summed E-state index contributed by atoms with van der Waals surface area (Å²) in [7, 11) is 1.75. The van der Waals surface area contributed by atoms with Crippen LogP contribution in [0.3, 0.4) is 0 Å². The molecule has 7 aliphatic rings. The van der Waals surface area contributed by atoms with E-state index in [1.54, 1.807) is 19.2 Å². The van der Waals surface area contributed by atoms with Crippen molar-refractivity contribution in [2.75, 3.05) is 20.2 Å². The van der Waals surface area contributed by atoms with Gasteiger partial charge in [-0.1, -0.05) is 18.2 Å². The number of benzene rings is 2. The molecular formula is C31H36FNO4. The van der Waals surface area contributed by atoms with Gasteiger partial charge in [-0.05, 0) is 93.7 Å². The van der Waals surface area contributed by atoms with Gasteiger partial charge in [0.15, 0.2) is 11.5 Å². The molecule has 4 saturated carbocycles. The lowest BCUT2D eigenvalue weighted by Crippen LogP contribution is -2.82. The fourth-order valence-electron chi connectivity index (χ4n) is 10.1. The lowest BCUT2D eigenvalue weighted by molar-refractivity contribution is -0.304. The predicted octanol–water partition coefficient (Wildman–Crippen LogP) is 4.66. The van der Waals surface area contributed by atoms with Crippen LogP contribution in [0.2, 0.25) is 0 Å². The molecule has 7 atom stereocenters. The van der Waals surface area contributed by atoms with Crippen molar-refractivity contribution >= 4 is 0 Å². The van der Waals surface area contributed by atoms with Crippen LogP contribution in [-0.2, 0) is 22.2 Å². The summed E-state index contributed by atoms with van der Waals surface area (Å²) in [6.45, 7) is 4.01. The third kappa shape index (κ3) is 2.56. The number of aromatic hydroxyl groups is 1. The zero-order chi connectivity index (χ0) is 25.4. The van der Waals surface area contributed by atoms with Gasteiger partial charge in [0.1, 0.15) is 17.5 Å². The van der Waals surface area contributed by atoms with E-state index < -0.39 is 11.2 Å². The number of ether oxygens (including phenoxy) is 2. The van der Waals surface area contributed by atoms with E-state index in [4.69, 9.17) is 9.47 Å². The van der Waals surface area contributed by atoms with E-state index in [-0.39, 0.29) is 34.4 Å². The number of phenolic OH excluding ortho intramolecular Hbond substituents is 1. The Kier molecular flexibility index (Phi) is 4.36. The minimum absolute atomic E-state index is 0.0981. The summed E-state index contributed by atoms with van der Waals surface area (Å²) in [5.41, 5.74) is 0.705. The standard InChI is InChI=1S/C31H36FNO4/c1-28(35,20-4-3-5-21(32)15-20)23-16-29-10-11-31(23,36-2)27-30(29)12-13-33(17-18-6-7-18)24(29)14-19-8-9-22(34)26(37-27)25(19)30/h3-5,8-9,15,18,23-24,27,34-35H,6-7,10-14,16-17H2,1-2H3/t23-,24-,27-,28-,29-,30+,31-/m1/s1. The summed E-state index contributed by atoms with van der Waals surface area (Å²) in [5.74, 6) is 1.02. The largest absolute Gasteiger partial charge is 0.504 e. The number of fused-ring (bicyclic) bond motifs is 2. The van der Waals surface area contributed by atoms with Crippen molar-refractivity contribution in [1.29, 1.82) is 0 Å². The molecule has 4 bridgehead atoms. The minimum Gasteiger partial charge on any atom is -0.504 e. The van der Waals surface area contributed by atoms with Crippen LogP contribution in [0.15, 0.2) is 36.4 Å². The quantitative estimate of drug-likeness (QED) is 0.619. The Labute approximate surface area is 217 Å². The molecule has 196 valence electrons. The number of halogens is 1. The molecule has 6 heteroatoms. The van der Waals surface area contributed by atoms with Gasteiger partial charge in [0.2, 0.25) is 0 Å². The van der Waals surface area contributed by atoms with Crippen molar-refractivity contribution in [2.45, 2.75) is 80.6 Å². The number of rotatable bonds is 5. The molecule has 1 saturated heterocycles. The molecule has 2 aliphatic heterocycles. The molecule has 9 rings (SSSR count). The molecule has 5 aliphatic carbocycles. The maximum absolute atomic E-state index is 14.4. The lowest BCUT2D eigenvalue weighted by atomic mass is 9.33. The third-order valence-electron chi connectivity index (χ3n) is 11.7. The fourth-order valence-corrected chi connectivity index (χ4v) is 10.1. The van der Waals surface area contributed by atoms with Crippen LogP contribution in [0, 0.1) is 23.1 Å². The van der Waals surface area contributed by atoms with E-state index in [1.807, 2.05) is 13.0 Å². The van der Waals surface area contributed by atoms with Crippen molar-refractivity contribution in [3.8, 4) is 11.5 Å². The fraction of sp³-hybridized carbons (Fsp3) is 0.613. The van der Waals surface area contributed by atoms with Crippen molar-refractivity contribution in [3.63, 3.8) is 0 Å². The minimum atomic E-state index is -1.30. The van der Waals surface area contributed by atoms with Gasteiger partial charge in [-0.2, -0.15) is 0 Å². The molecule has 2 heterocycles. The first kappa shape index (κ1) is 22.8.